The third-order valence-corrected chi connectivity index (χ3v) is 4.15. The predicted molar refractivity (Wildman–Crippen MR) is 92.4 cm³/mol. The molecule has 0 spiro atoms. The first-order valence-electron chi connectivity index (χ1n) is 8.17. The Balaban J connectivity index is 2.37. The van der Waals surface area contributed by atoms with Gasteiger partial charge in [-0.1, -0.05) is 30.3 Å². The molecule has 0 fully saturated rings. The Labute approximate surface area is 150 Å². The number of esters is 1. The average molecular weight is 366 g/mol. The van der Waals surface area contributed by atoms with Crippen molar-refractivity contribution < 1.29 is 27.4 Å². The lowest BCUT2D eigenvalue weighted by Gasteiger charge is -2.19. The van der Waals surface area contributed by atoms with Crippen LogP contribution in [0.1, 0.15) is 39.0 Å². The first-order valence-corrected chi connectivity index (χ1v) is 8.17. The van der Waals surface area contributed by atoms with Crippen molar-refractivity contribution >= 4 is 5.97 Å². The van der Waals surface area contributed by atoms with Crippen LogP contribution in [0.5, 0.6) is 5.75 Å². The van der Waals surface area contributed by atoms with Crippen LogP contribution in [0.4, 0.5) is 13.2 Å². The van der Waals surface area contributed by atoms with Crippen molar-refractivity contribution in [2.75, 3.05) is 7.11 Å². The quantitative estimate of drug-likeness (QED) is 0.662. The van der Waals surface area contributed by atoms with Gasteiger partial charge in [-0.05, 0) is 48.6 Å². The van der Waals surface area contributed by atoms with E-state index in [0.29, 0.717) is 22.4 Å². The Morgan fingerprint density at radius 3 is 2.35 bits per heavy atom. The maximum atomic E-state index is 12.7. The summed E-state index contributed by atoms with van der Waals surface area (Å²) in [7, 11) is 1.21. The van der Waals surface area contributed by atoms with Crippen molar-refractivity contribution in [3.8, 4) is 5.75 Å². The van der Waals surface area contributed by atoms with Gasteiger partial charge in [-0.3, -0.25) is 0 Å². The average Bonchev–Trinajstić information content (AvgIpc) is 2.60. The van der Waals surface area contributed by atoms with Gasteiger partial charge in [0.1, 0.15) is 12.4 Å². The fraction of sp³-hybridized carbons (Fsp3) is 0.350. The molecular formula is C20H21F3O3. The zero-order valence-corrected chi connectivity index (χ0v) is 14.9. The zero-order valence-electron chi connectivity index (χ0n) is 14.9. The second-order valence-electron chi connectivity index (χ2n) is 6.05. The minimum atomic E-state index is -4.31. The third-order valence-electron chi connectivity index (χ3n) is 4.15. The van der Waals surface area contributed by atoms with E-state index in [1.54, 1.807) is 19.9 Å². The van der Waals surface area contributed by atoms with Gasteiger partial charge < -0.3 is 9.47 Å². The highest BCUT2D eigenvalue weighted by Gasteiger charge is 2.29. The van der Waals surface area contributed by atoms with Crippen LogP contribution >= 0.6 is 0 Å². The van der Waals surface area contributed by atoms with Gasteiger partial charge in [-0.15, -0.1) is 0 Å². The van der Waals surface area contributed by atoms with Gasteiger partial charge in [0.15, 0.2) is 0 Å². The Bertz CT molecular complexity index is 768. The van der Waals surface area contributed by atoms with E-state index in [2.05, 4.69) is 0 Å². The first-order chi connectivity index (χ1) is 12.2. The number of ether oxygens (including phenoxy) is 2. The fourth-order valence-corrected chi connectivity index (χ4v) is 2.80. The van der Waals surface area contributed by atoms with Crippen LogP contribution in [0.25, 0.3) is 0 Å². The highest BCUT2D eigenvalue weighted by atomic mass is 19.4. The van der Waals surface area contributed by atoms with E-state index in [1.165, 1.54) is 7.11 Å². The summed E-state index contributed by atoms with van der Waals surface area (Å²) in [5.41, 5.74) is 2.50. The summed E-state index contributed by atoms with van der Waals surface area (Å²) >= 11 is 0. The Kier molecular flexibility index (Phi) is 6.29. The van der Waals surface area contributed by atoms with Crippen molar-refractivity contribution in [2.45, 2.75) is 39.5 Å². The predicted octanol–water partition coefficient (Wildman–Crippen LogP) is 5.16. The molecule has 6 heteroatoms. The molecule has 0 atom stereocenters. The Morgan fingerprint density at radius 2 is 1.77 bits per heavy atom. The lowest BCUT2D eigenvalue weighted by molar-refractivity contribution is -0.134. The van der Waals surface area contributed by atoms with Gasteiger partial charge in [-0.2, -0.15) is 13.2 Å². The Hall–Kier alpha value is -2.50. The highest BCUT2D eigenvalue weighted by Crippen LogP contribution is 2.32. The SMILES string of the molecule is COC(=O)c1c(C)cc(OCc2ccccc2)c(C)c1CCC(F)(F)F. The van der Waals surface area contributed by atoms with Gasteiger partial charge in [0.05, 0.1) is 12.7 Å². The monoisotopic (exact) mass is 366 g/mol. The molecule has 26 heavy (non-hydrogen) atoms. The molecule has 0 aliphatic heterocycles. The summed E-state index contributed by atoms with van der Waals surface area (Å²) in [6.07, 6.45) is -5.63. The van der Waals surface area contributed by atoms with E-state index in [9.17, 15) is 18.0 Å². The number of carbonyl (C=O) groups excluding carboxylic acids is 1. The number of rotatable bonds is 6. The lowest BCUT2D eigenvalue weighted by Crippen LogP contribution is -2.15. The largest absolute Gasteiger partial charge is 0.489 e. The van der Waals surface area contributed by atoms with E-state index >= 15 is 0 Å². The summed E-state index contributed by atoms with van der Waals surface area (Å²) in [6.45, 7) is 3.62. The second kappa shape index (κ2) is 8.25. The number of carbonyl (C=O) groups is 1. The van der Waals surface area contributed by atoms with Crippen LogP contribution in [-0.2, 0) is 17.8 Å². The molecule has 2 rings (SSSR count). The lowest BCUT2D eigenvalue weighted by atomic mass is 9.93. The summed E-state index contributed by atoms with van der Waals surface area (Å²) in [4.78, 5) is 12.1. The smallest absolute Gasteiger partial charge is 0.389 e. The number of benzene rings is 2. The summed E-state index contributed by atoms with van der Waals surface area (Å²) in [5.74, 6) is -0.173. The number of alkyl halides is 3. The normalized spacial score (nSPS) is 11.3. The summed E-state index contributed by atoms with van der Waals surface area (Å²) in [5, 5.41) is 0. The molecule has 0 unspecified atom stereocenters. The van der Waals surface area contributed by atoms with Crippen molar-refractivity contribution in [3.05, 3.63) is 64.2 Å². The van der Waals surface area contributed by atoms with Gasteiger partial charge in [0.25, 0.3) is 0 Å². The van der Waals surface area contributed by atoms with E-state index in [0.717, 1.165) is 5.56 Å². The van der Waals surface area contributed by atoms with Gasteiger partial charge >= 0.3 is 12.1 Å². The fourth-order valence-electron chi connectivity index (χ4n) is 2.80. The molecule has 0 radical (unpaired) electrons. The second-order valence-corrected chi connectivity index (χ2v) is 6.05. The number of methoxy groups -OCH3 is 1. The molecule has 140 valence electrons. The van der Waals surface area contributed by atoms with Gasteiger partial charge in [0.2, 0.25) is 0 Å². The molecule has 0 N–H and O–H groups in total. The molecule has 0 saturated heterocycles. The molecule has 0 saturated carbocycles. The molecule has 0 heterocycles. The topological polar surface area (TPSA) is 35.5 Å². The van der Waals surface area contributed by atoms with Gasteiger partial charge in [-0.25, -0.2) is 4.79 Å². The molecule has 0 amide bonds. The van der Waals surface area contributed by atoms with Crippen molar-refractivity contribution in [3.63, 3.8) is 0 Å². The van der Waals surface area contributed by atoms with Crippen LogP contribution in [0, 0.1) is 13.8 Å². The van der Waals surface area contributed by atoms with Crippen LogP contribution in [0.3, 0.4) is 0 Å². The zero-order chi connectivity index (χ0) is 19.3. The molecule has 2 aromatic rings. The van der Waals surface area contributed by atoms with Crippen molar-refractivity contribution in [1.82, 2.24) is 0 Å². The number of hydrogen-bond donors (Lipinski definition) is 0. The molecule has 2 aromatic carbocycles. The number of hydrogen-bond acceptors (Lipinski definition) is 3. The highest BCUT2D eigenvalue weighted by molar-refractivity contribution is 5.93. The molecular weight excluding hydrogens is 345 g/mol. The van der Waals surface area contributed by atoms with Crippen LogP contribution < -0.4 is 4.74 Å². The molecule has 0 aliphatic carbocycles. The standard InChI is InChI=1S/C20H21F3O3/c1-13-11-17(26-12-15-7-5-4-6-8-15)14(2)16(9-10-20(21,22)23)18(13)19(24)25-3/h4-8,11H,9-10,12H2,1-3H3. The maximum absolute atomic E-state index is 12.7. The summed E-state index contributed by atoms with van der Waals surface area (Å²) < 4.78 is 48.7. The van der Waals surface area contributed by atoms with Crippen molar-refractivity contribution in [1.29, 1.82) is 0 Å². The third kappa shape index (κ3) is 5.00. The van der Waals surface area contributed by atoms with Crippen LogP contribution in [0.2, 0.25) is 0 Å². The minimum Gasteiger partial charge on any atom is -0.489 e. The Morgan fingerprint density at radius 1 is 1.12 bits per heavy atom. The molecule has 0 aromatic heterocycles. The van der Waals surface area contributed by atoms with Crippen LogP contribution in [0.15, 0.2) is 36.4 Å². The minimum absolute atomic E-state index is 0.182. The number of aryl methyl sites for hydroxylation is 1. The summed E-state index contributed by atoms with van der Waals surface area (Å²) in [6, 6.07) is 11.1. The maximum Gasteiger partial charge on any atom is 0.389 e. The van der Waals surface area contributed by atoms with Gasteiger partial charge in [0, 0.05) is 6.42 Å². The van der Waals surface area contributed by atoms with E-state index in [4.69, 9.17) is 9.47 Å². The van der Waals surface area contributed by atoms with E-state index in [-0.39, 0.29) is 18.6 Å². The van der Waals surface area contributed by atoms with Crippen LogP contribution in [-0.4, -0.2) is 19.3 Å². The molecule has 0 aliphatic rings. The van der Waals surface area contributed by atoms with E-state index in [1.807, 2.05) is 30.3 Å². The van der Waals surface area contributed by atoms with E-state index < -0.39 is 18.6 Å². The number of halogens is 3. The first kappa shape index (κ1) is 19.8. The van der Waals surface area contributed by atoms with Crippen molar-refractivity contribution in [2.24, 2.45) is 0 Å². The molecule has 3 nitrogen and oxygen atoms in total. The molecule has 0 bridgehead atoms.